The van der Waals surface area contributed by atoms with E-state index in [1.807, 2.05) is 4.90 Å². The Hall–Kier alpha value is -2.42. The molecule has 0 spiro atoms. The number of rotatable bonds is 4. The van der Waals surface area contributed by atoms with Crippen LogP contribution in [0.1, 0.15) is 38.5 Å². The number of carbonyl (C=O) groups is 1. The zero-order chi connectivity index (χ0) is 19.2. The third-order valence-electron chi connectivity index (χ3n) is 5.27. The number of piperidine rings is 1. The van der Waals surface area contributed by atoms with Crippen LogP contribution in [0.15, 0.2) is 24.3 Å². The highest BCUT2D eigenvalue weighted by Crippen LogP contribution is 2.31. The molecule has 3 N–H and O–H groups in total. The zero-order valence-corrected chi connectivity index (χ0v) is 16.0. The van der Waals surface area contributed by atoms with Gasteiger partial charge in [0.2, 0.25) is 5.91 Å². The number of nitro benzene ring substituents is 1. The average molecular weight is 391 g/mol. The number of nitrogens with zero attached hydrogens (tertiary/aromatic N) is 2. The standard InChI is InChI=1S/C18H25N5O3S/c24-17(20-21-18(27)19-14-5-1-2-6-14)13-9-11-22(12-10-13)15-7-3-4-8-16(15)23(25)26/h3-4,7-8,13-14H,1-2,5-6,9-12H2,(H,20,24)(H2,19,21,27). The number of hydrogen-bond donors (Lipinski definition) is 3. The van der Waals surface area contributed by atoms with Gasteiger partial charge in [0.1, 0.15) is 5.69 Å². The number of amides is 1. The Bertz CT molecular complexity index is 700. The van der Waals surface area contributed by atoms with Crippen molar-refractivity contribution in [3.63, 3.8) is 0 Å². The second kappa shape index (κ2) is 8.98. The normalized spacial score (nSPS) is 18.1. The molecule has 1 amide bonds. The Morgan fingerprint density at radius 2 is 1.78 bits per heavy atom. The summed E-state index contributed by atoms with van der Waals surface area (Å²) in [7, 11) is 0. The quantitative estimate of drug-likeness (QED) is 0.411. The average Bonchev–Trinajstić information content (AvgIpc) is 3.19. The largest absolute Gasteiger partial charge is 0.366 e. The van der Waals surface area contributed by atoms with Crippen LogP contribution in [-0.4, -0.2) is 35.1 Å². The van der Waals surface area contributed by atoms with Gasteiger partial charge in [0.15, 0.2) is 5.11 Å². The van der Waals surface area contributed by atoms with Crippen LogP contribution in [0.5, 0.6) is 0 Å². The van der Waals surface area contributed by atoms with E-state index >= 15 is 0 Å². The van der Waals surface area contributed by atoms with Crippen molar-refractivity contribution in [2.24, 2.45) is 5.92 Å². The van der Waals surface area contributed by atoms with Gasteiger partial charge in [-0.05, 0) is 44.0 Å². The number of para-hydroxylation sites is 2. The predicted octanol–water partition coefficient (Wildman–Crippen LogP) is 2.25. The lowest BCUT2D eigenvalue weighted by atomic mass is 9.95. The first-order chi connectivity index (χ1) is 13.0. The van der Waals surface area contributed by atoms with Crippen molar-refractivity contribution >= 4 is 34.6 Å². The van der Waals surface area contributed by atoms with E-state index in [0.717, 1.165) is 12.8 Å². The van der Waals surface area contributed by atoms with Gasteiger partial charge in [-0.3, -0.25) is 25.8 Å². The number of nitro groups is 1. The molecule has 0 aromatic heterocycles. The van der Waals surface area contributed by atoms with E-state index in [4.69, 9.17) is 12.2 Å². The van der Waals surface area contributed by atoms with E-state index in [9.17, 15) is 14.9 Å². The molecule has 0 bridgehead atoms. The summed E-state index contributed by atoms with van der Waals surface area (Å²) in [6.07, 6.45) is 5.93. The van der Waals surface area contributed by atoms with Crippen LogP contribution in [0.25, 0.3) is 0 Å². The van der Waals surface area contributed by atoms with Crippen molar-refractivity contribution in [2.75, 3.05) is 18.0 Å². The third kappa shape index (κ3) is 5.06. The maximum atomic E-state index is 12.4. The number of thiocarbonyl (C=S) groups is 1. The molecule has 0 unspecified atom stereocenters. The van der Waals surface area contributed by atoms with Crippen LogP contribution in [0.2, 0.25) is 0 Å². The first kappa shape index (κ1) is 19.3. The van der Waals surface area contributed by atoms with E-state index in [0.29, 0.717) is 42.8 Å². The molecule has 0 atom stereocenters. The van der Waals surface area contributed by atoms with E-state index in [1.54, 1.807) is 18.2 Å². The minimum Gasteiger partial charge on any atom is -0.366 e. The number of hydrogen-bond acceptors (Lipinski definition) is 5. The smallest absolute Gasteiger partial charge is 0.292 e. The summed E-state index contributed by atoms with van der Waals surface area (Å²) in [6.45, 7) is 1.21. The van der Waals surface area contributed by atoms with Gasteiger partial charge in [-0.2, -0.15) is 0 Å². The Morgan fingerprint density at radius 1 is 1.11 bits per heavy atom. The van der Waals surface area contributed by atoms with Gasteiger partial charge in [0.25, 0.3) is 5.69 Å². The fraction of sp³-hybridized carbons (Fsp3) is 0.556. The van der Waals surface area contributed by atoms with Crippen LogP contribution in [0, 0.1) is 16.0 Å². The van der Waals surface area contributed by atoms with E-state index in [2.05, 4.69) is 16.2 Å². The predicted molar refractivity (Wildman–Crippen MR) is 107 cm³/mol. The maximum absolute atomic E-state index is 12.4. The summed E-state index contributed by atoms with van der Waals surface area (Å²) in [4.78, 5) is 25.2. The Kier molecular flexibility index (Phi) is 6.44. The summed E-state index contributed by atoms with van der Waals surface area (Å²) in [5.41, 5.74) is 6.20. The summed E-state index contributed by atoms with van der Waals surface area (Å²) < 4.78 is 0. The molecule has 1 saturated heterocycles. The molecule has 1 aromatic carbocycles. The topological polar surface area (TPSA) is 99.5 Å². The Labute approximate surface area is 163 Å². The van der Waals surface area contributed by atoms with Crippen molar-refractivity contribution in [3.05, 3.63) is 34.4 Å². The molecule has 2 fully saturated rings. The van der Waals surface area contributed by atoms with E-state index in [1.165, 1.54) is 18.9 Å². The number of nitrogens with one attached hydrogen (secondary N) is 3. The molecule has 1 saturated carbocycles. The van der Waals surface area contributed by atoms with E-state index < -0.39 is 0 Å². The van der Waals surface area contributed by atoms with Gasteiger partial charge in [0.05, 0.1) is 4.92 Å². The molecule has 1 aliphatic carbocycles. The summed E-state index contributed by atoms with van der Waals surface area (Å²) in [5.74, 6) is -0.224. The van der Waals surface area contributed by atoms with Crippen molar-refractivity contribution in [1.29, 1.82) is 0 Å². The molecule has 3 rings (SSSR count). The van der Waals surface area contributed by atoms with Crippen molar-refractivity contribution in [1.82, 2.24) is 16.2 Å². The summed E-state index contributed by atoms with van der Waals surface area (Å²) in [5, 5.41) is 14.9. The fourth-order valence-electron chi connectivity index (χ4n) is 3.78. The first-order valence-electron chi connectivity index (χ1n) is 9.39. The molecule has 2 aliphatic rings. The number of anilines is 1. The second-order valence-electron chi connectivity index (χ2n) is 7.08. The fourth-order valence-corrected chi connectivity index (χ4v) is 4.00. The highest BCUT2D eigenvalue weighted by molar-refractivity contribution is 7.80. The Morgan fingerprint density at radius 3 is 2.44 bits per heavy atom. The number of hydrazine groups is 1. The molecule has 1 heterocycles. The second-order valence-corrected chi connectivity index (χ2v) is 7.48. The molecule has 1 aromatic rings. The molecule has 9 heteroatoms. The Balaban J connectivity index is 1.45. The highest BCUT2D eigenvalue weighted by atomic mass is 32.1. The maximum Gasteiger partial charge on any atom is 0.292 e. The van der Waals surface area contributed by atoms with Gasteiger partial charge in [-0.1, -0.05) is 25.0 Å². The lowest BCUT2D eigenvalue weighted by molar-refractivity contribution is -0.384. The highest BCUT2D eigenvalue weighted by Gasteiger charge is 2.28. The molecule has 0 radical (unpaired) electrons. The van der Waals surface area contributed by atoms with Gasteiger partial charge >= 0.3 is 0 Å². The minimum absolute atomic E-state index is 0.0900. The van der Waals surface area contributed by atoms with Crippen molar-refractivity contribution < 1.29 is 9.72 Å². The molecule has 8 nitrogen and oxygen atoms in total. The minimum atomic E-state index is -0.365. The van der Waals surface area contributed by atoms with Crippen LogP contribution in [0.4, 0.5) is 11.4 Å². The van der Waals surface area contributed by atoms with Crippen LogP contribution < -0.4 is 21.1 Å². The SMILES string of the molecule is O=C(NNC(=S)NC1CCCC1)C1CCN(c2ccccc2[N+](=O)[O-])CC1. The number of carbonyl (C=O) groups excluding carboxylic acids is 1. The van der Waals surface area contributed by atoms with Crippen LogP contribution in [-0.2, 0) is 4.79 Å². The van der Waals surface area contributed by atoms with Gasteiger partial charge in [-0.15, -0.1) is 0 Å². The van der Waals surface area contributed by atoms with Gasteiger partial charge in [0, 0.05) is 31.1 Å². The monoisotopic (exact) mass is 391 g/mol. The van der Waals surface area contributed by atoms with Crippen LogP contribution in [0.3, 0.4) is 0 Å². The molecule has 146 valence electrons. The van der Waals surface area contributed by atoms with Gasteiger partial charge in [-0.25, -0.2) is 0 Å². The lowest BCUT2D eigenvalue weighted by Gasteiger charge is -2.32. The van der Waals surface area contributed by atoms with Crippen LogP contribution >= 0.6 is 12.2 Å². The van der Waals surface area contributed by atoms with Gasteiger partial charge < -0.3 is 10.2 Å². The zero-order valence-electron chi connectivity index (χ0n) is 15.1. The van der Waals surface area contributed by atoms with Crippen molar-refractivity contribution in [3.8, 4) is 0 Å². The number of benzene rings is 1. The third-order valence-corrected chi connectivity index (χ3v) is 5.49. The molecular weight excluding hydrogens is 366 g/mol. The lowest BCUT2D eigenvalue weighted by Crippen LogP contribution is -2.51. The molecule has 1 aliphatic heterocycles. The first-order valence-corrected chi connectivity index (χ1v) is 9.80. The van der Waals surface area contributed by atoms with E-state index in [-0.39, 0.29) is 22.4 Å². The van der Waals surface area contributed by atoms with Crippen molar-refractivity contribution in [2.45, 2.75) is 44.6 Å². The molecule has 27 heavy (non-hydrogen) atoms. The summed E-state index contributed by atoms with van der Waals surface area (Å²) in [6, 6.07) is 7.12. The summed E-state index contributed by atoms with van der Waals surface area (Å²) >= 11 is 5.22. The molecular formula is C18H25N5O3S.